The van der Waals surface area contributed by atoms with E-state index in [1.54, 1.807) is 12.4 Å². The molecular formula is C16H17N3O2. The first-order valence-corrected chi connectivity index (χ1v) is 7.09. The lowest BCUT2D eigenvalue weighted by atomic mass is 9.96. The number of pyridine rings is 2. The average Bonchev–Trinajstić information content (AvgIpc) is 2.56. The van der Waals surface area contributed by atoms with Gasteiger partial charge in [0.05, 0.1) is 23.5 Å². The number of aliphatic carboxylic acids is 1. The van der Waals surface area contributed by atoms with Crippen LogP contribution in [0, 0.1) is 5.92 Å². The van der Waals surface area contributed by atoms with Crippen molar-refractivity contribution in [2.24, 2.45) is 5.92 Å². The molecule has 0 amide bonds. The van der Waals surface area contributed by atoms with Gasteiger partial charge in [-0.3, -0.25) is 14.8 Å². The number of hydrogen-bond acceptors (Lipinski definition) is 4. The first kappa shape index (κ1) is 13.5. The molecule has 21 heavy (non-hydrogen) atoms. The van der Waals surface area contributed by atoms with Crippen molar-refractivity contribution in [3.8, 4) is 11.3 Å². The fraction of sp³-hybridized carbons (Fsp3) is 0.312. The highest BCUT2D eigenvalue weighted by atomic mass is 16.4. The average molecular weight is 283 g/mol. The van der Waals surface area contributed by atoms with Crippen LogP contribution in [-0.2, 0) is 4.79 Å². The molecule has 5 heteroatoms. The lowest BCUT2D eigenvalue weighted by molar-refractivity contribution is -0.142. The highest BCUT2D eigenvalue weighted by Gasteiger charge is 2.25. The fourth-order valence-corrected chi connectivity index (χ4v) is 2.74. The second-order valence-electron chi connectivity index (χ2n) is 5.21. The van der Waals surface area contributed by atoms with Gasteiger partial charge in [0, 0.05) is 31.0 Å². The molecule has 0 aromatic carbocycles. The summed E-state index contributed by atoms with van der Waals surface area (Å²) in [5.41, 5.74) is 2.98. The molecule has 0 spiro atoms. The Hall–Kier alpha value is -2.43. The van der Waals surface area contributed by atoms with Crippen molar-refractivity contribution in [1.29, 1.82) is 0 Å². The summed E-state index contributed by atoms with van der Waals surface area (Å²) in [5.74, 6) is -0.915. The van der Waals surface area contributed by atoms with Gasteiger partial charge in [0.1, 0.15) is 0 Å². The van der Waals surface area contributed by atoms with Crippen molar-refractivity contribution < 1.29 is 9.90 Å². The third-order valence-electron chi connectivity index (χ3n) is 3.93. The summed E-state index contributed by atoms with van der Waals surface area (Å²) in [6, 6.07) is 7.79. The van der Waals surface area contributed by atoms with E-state index in [1.165, 1.54) is 0 Å². The standard InChI is InChI=1S/C16H17N3O2/c20-16(21)12-5-9-19(10-6-12)15-11-17-8-4-13(15)14-3-1-2-7-18-14/h1-4,7-8,11-12H,5-6,9-10H2,(H,20,21). The minimum atomic E-state index is -0.689. The van der Waals surface area contributed by atoms with Crippen molar-refractivity contribution in [3.05, 3.63) is 42.9 Å². The predicted molar refractivity (Wildman–Crippen MR) is 80.0 cm³/mol. The number of carbonyl (C=O) groups is 1. The maximum atomic E-state index is 11.0. The van der Waals surface area contributed by atoms with E-state index in [4.69, 9.17) is 5.11 Å². The first-order chi connectivity index (χ1) is 10.3. The Kier molecular flexibility index (Phi) is 3.81. The van der Waals surface area contributed by atoms with Crippen LogP contribution in [0.5, 0.6) is 0 Å². The molecule has 3 heterocycles. The van der Waals surface area contributed by atoms with Crippen molar-refractivity contribution in [3.63, 3.8) is 0 Å². The van der Waals surface area contributed by atoms with Gasteiger partial charge < -0.3 is 10.0 Å². The molecule has 1 aliphatic rings. The smallest absolute Gasteiger partial charge is 0.306 e. The van der Waals surface area contributed by atoms with Gasteiger partial charge in [-0.2, -0.15) is 0 Å². The molecule has 108 valence electrons. The van der Waals surface area contributed by atoms with Crippen LogP contribution in [0.25, 0.3) is 11.3 Å². The summed E-state index contributed by atoms with van der Waals surface area (Å²) in [6.07, 6.45) is 6.72. The van der Waals surface area contributed by atoms with Crippen molar-refractivity contribution in [2.45, 2.75) is 12.8 Å². The normalized spacial score (nSPS) is 15.9. The van der Waals surface area contributed by atoms with E-state index in [-0.39, 0.29) is 5.92 Å². The summed E-state index contributed by atoms with van der Waals surface area (Å²) >= 11 is 0. The fourth-order valence-electron chi connectivity index (χ4n) is 2.74. The van der Waals surface area contributed by atoms with Crippen LogP contribution < -0.4 is 4.90 Å². The first-order valence-electron chi connectivity index (χ1n) is 7.09. The van der Waals surface area contributed by atoms with Gasteiger partial charge in [-0.15, -0.1) is 0 Å². The molecule has 1 aliphatic heterocycles. The molecule has 0 atom stereocenters. The lowest BCUT2D eigenvalue weighted by Gasteiger charge is -2.32. The van der Waals surface area contributed by atoms with Crippen LogP contribution in [-0.4, -0.2) is 34.1 Å². The molecule has 0 aliphatic carbocycles. The van der Waals surface area contributed by atoms with E-state index in [1.807, 2.05) is 30.5 Å². The molecule has 1 N–H and O–H groups in total. The molecule has 0 radical (unpaired) electrons. The number of carboxylic acids is 1. The molecule has 0 unspecified atom stereocenters. The quantitative estimate of drug-likeness (QED) is 0.937. The van der Waals surface area contributed by atoms with Gasteiger partial charge in [0.15, 0.2) is 0 Å². The molecule has 2 aromatic heterocycles. The number of carboxylic acid groups (broad SMARTS) is 1. The van der Waals surface area contributed by atoms with Gasteiger partial charge in [0.2, 0.25) is 0 Å². The maximum Gasteiger partial charge on any atom is 0.306 e. The summed E-state index contributed by atoms with van der Waals surface area (Å²) in [7, 11) is 0. The van der Waals surface area contributed by atoms with Crippen molar-refractivity contribution in [2.75, 3.05) is 18.0 Å². The van der Waals surface area contributed by atoms with Crippen molar-refractivity contribution in [1.82, 2.24) is 9.97 Å². The number of nitrogens with zero attached hydrogens (tertiary/aromatic N) is 3. The minimum absolute atomic E-state index is 0.226. The molecule has 2 aromatic rings. The van der Waals surface area contributed by atoms with Gasteiger partial charge in [0.25, 0.3) is 0 Å². The zero-order valence-electron chi connectivity index (χ0n) is 11.6. The molecule has 0 saturated carbocycles. The van der Waals surface area contributed by atoms with Gasteiger partial charge in [-0.25, -0.2) is 0 Å². The Morgan fingerprint density at radius 1 is 1.19 bits per heavy atom. The van der Waals surface area contributed by atoms with E-state index in [0.29, 0.717) is 12.8 Å². The SMILES string of the molecule is O=C(O)C1CCN(c2cnccc2-c2ccccn2)CC1. The predicted octanol–water partition coefficient (Wildman–Crippen LogP) is 2.44. The number of piperidine rings is 1. The second kappa shape index (κ2) is 5.91. The number of aromatic nitrogens is 2. The Balaban J connectivity index is 1.85. The van der Waals surface area contributed by atoms with Crippen LogP contribution in [0.15, 0.2) is 42.9 Å². The molecule has 3 rings (SSSR count). The van der Waals surface area contributed by atoms with E-state index < -0.39 is 5.97 Å². The minimum Gasteiger partial charge on any atom is -0.481 e. The van der Waals surface area contributed by atoms with Gasteiger partial charge in [-0.05, 0) is 31.0 Å². The summed E-state index contributed by atoms with van der Waals surface area (Å²) < 4.78 is 0. The van der Waals surface area contributed by atoms with Gasteiger partial charge in [-0.1, -0.05) is 6.07 Å². The second-order valence-corrected chi connectivity index (χ2v) is 5.21. The van der Waals surface area contributed by atoms with E-state index >= 15 is 0 Å². The molecule has 5 nitrogen and oxygen atoms in total. The largest absolute Gasteiger partial charge is 0.481 e. The van der Waals surface area contributed by atoms with Crippen LogP contribution in [0.1, 0.15) is 12.8 Å². The topological polar surface area (TPSA) is 66.3 Å². The molecule has 1 fully saturated rings. The Labute approximate surface area is 123 Å². The van der Waals surface area contributed by atoms with Crippen LogP contribution >= 0.6 is 0 Å². The van der Waals surface area contributed by atoms with Crippen LogP contribution in [0.4, 0.5) is 5.69 Å². The maximum absolute atomic E-state index is 11.0. The highest BCUT2D eigenvalue weighted by Crippen LogP contribution is 2.31. The monoisotopic (exact) mass is 283 g/mol. The lowest BCUT2D eigenvalue weighted by Crippen LogP contribution is -2.36. The molecule has 1 saturated heterocycles. The van der Waals surface area contributed by atoms with E-state index in [2.05, 4.69) is 14.9 Å². The zero-order valence-corrected chi connectivity index (χ0v) is 11.6. The van der Waals surface area contributed by atoms with Gasteiger partial charge >= 0.3 is 5.97 Å². The van der Waals surface area contributed by atoms with E-state index in [9.17, 15) is 4.79 Å². The third-order valence-corrected chi connectivity index (χ3v) is 3.93. The van der Waals surface area contributed by atoms with Crippen LogP contribution in [0.2, 0.25) is 0 Å². The summed E-state index contributed by atoms with van der Waals surface area (Å²) in [4.78, 5) is 21.9. The van der Waals surface area contributed by atoms with Crippen LogP contribution in [0.3, 0.4) is 0 Å². The van der Waals surface area contributed by atoms with E-state index in [0.717, 1.165) is 30.0 Å². The number of rotatable bonds is 3. The summed E-state index contributed by atoms with van der Waals surface area (Å²) in [5, 5.41) is 9.09. The summed E-state index contributed by atoms with van der Waals surface area (Å²) in [6.45, 7) is 1.48. The zero-order chi connectivity index (χ0) is 14.7. The number of anilines is 1. The highest BCUT2D eigenvalue weighted by molar-refractivity contribution is 5.76. The third kappa shape index (κ3) is 2.86. The van der Waals surface area contributed by atoms with Crippen molar-refractivity contribution >= 4 is 11.7 Å². The number of hydrogen-bond donors (Lipinski definition) is 1. The Bertz CT molecular complexity index is 622. The molecule has 0 bridgehead atoms. The molecular weight excluding hydrogens is 266 g/mol. The Morgan fingerprint density at radius 2 is 2.00 bits per heavy atom. The Morgan fingerprint density at radius 3 is 2.67 bits per heavy atom.